The molecule has 0 heterocycles. The zero-order chi connectivity index (χ0) is 54.5. The van der Waals surface area contributed by atoms with Crippen LogP contribution >= 0.6 is 0 Å². The summed E-state index contributed by atoms with van der Waals surface area (Å²) in [7, 11) is -8.44. The molecule has 4 amide bonds. The molecule has 0 saturated carbocycles. The second-order valence-electron chi connectivity index (χ2n) is 18.8. The lowest BCUT2D eigenvalue weighted by Crippen LogP contribution is -2.40. The minimum atomic E-state index is -4.22. The maximum absolute atomic E-state index is 13.2. The van der Waals surface area contributed by atoms with Gasteiger partial charge in [0.15, 0.2) is 23.8 Å². The van der Waals surface area contributed by atoms with Crippen LogP contribution in [0.3, 0.4) is 0 Å². The van der Waals surface area contributed by atoms with Crippen molar-refractivity contribution in [2.75, 3.05) is 37.7 Å². The van der Waals surface area contributed by atoms with E-state index in [2.05, 4.69) is 21.3 Å². The summed E-state index contributed by atoms with van der Waals surface area (Å²) >= 11 is 0. The summed E-state index contributed by atoms with van der Waals surface area (Å²) < 4.78 is 71.5. The Hall–Kier alpha value is -6.22. The Kier molecular flexibility index (Phi) is 24.7. The number of nitrogens with one attached hydrogen (secondary N) is 4. The van der Waals surface area contributed by atoms with Crippen molar-refractivity contribution in [2.24, 2.45) is 10.8 Å². The Morgan fingerprint density at radius 1 is 0.542 bits per heavy atom. The lowest BCUT2D eigenvalue weighted by molar-refractivity contribution is -0.156. The number of allylic oxidation sites excluding steroid dienone is 20. The van der Waals surface area contributed by atoms with Gasteiger partial charge in [-0.05, 0) is 74.7 Å². The number of carbonyl (C=O) groups excluding carboxylic acids is 6. The maximum Gasteiger partial charge on any atom is 0.314 e. The number of amides is 4. The molecule has 18 nitrogen and oxygen atoms in total. The molecule has 0 bridgehead atoms. The van der Waals surface area contributed by atoms with Gasteiger partial charge in [-0.2, -0.15) is 16.8 Å². The van der Waals surface area contributed by atoms with E-state index in [1.807, 2.05) is 140 Å². The molecule has 2 rings (SSSR count). The number of hydrogen-bond acceptors (Lipinski definition) is 12. The molecule has 2 unspecified atom stereocenters. The highest BCUT2D eigenvalue weighted by molar-refractivity contribution is 7.86. The summed E-state index contributed by atoms with van der Waals surface area (Å²) in [4.78, 5) is 75.0. The van der Waals surface area contributed by atoms with Crippen LogP contribution < -0.4 is 21.3 Å². The minimum absolute atomic E-state index is 0.0983. The fraction of sp³-hybridized carbons (Fsp3) is 0.462. The van der Waals surface area contributed by atoms with Crippen molar-refractivity contribution >= 4 is 55.8 Å². The predicted octanol–water partition coefficient (Wildman–Crippen LogP) is 7.16. The average molecular weight is 1040 g/mol. The summed E-state index contributed by atoms with van der Waals surface area (Å²) in [6.45, 7) is 18.4. The molecule has 6 N–H and O–H groups in total. The average Bonchev–Trinajstić information content (AvgIpc) is 3.24. The van der Waals surface area contributed by atoms with Crippen LogP contribution in [0.1, 0.15) is 94.9 Å². The smallest absolute Gasteiger partial charge is 0.314 e. The van der Waals surface area contributed by atoms with Crippen LogP contribution in [-0.4, -0.2) is 111 Å². The molecule has 0 fully saturated rings. The molecule has 0 saturated heterocycles. The Bertz CT molecular complexity index is 2440. The van der Waals surface area contributed by atoms with E-state index in [1.165, 1.54) is 0 Å². The third-order valence-electron chi connectivity index (χ3n) is 11.3. The maximum atomic E-state index is 13.2. The van der Waals surface area contributed by atoms with Crippen molar-refractivity contribution in [3.8, 4) is 0 Å². The van der Waals surface area contributed by atoms with Gasteiger partial charge < -0.3 is 30.7 Å². The molecule has 0 spiro atoms. The highest BCUT2D eigenvalue weighted by Crippen LogP contribution is 2.42. The highest BCUT2D eigenvalue weighted by Gasteiger charge is 2.41. The van der Waals surface area contributed by atoms with Crippen LogP contribution in [0.15, 0.2) is 130 Å². The fourth-order valence-electron chi connectivity index (χ4n) is 7.46. The van der Waals surface area contributed by atoms with Gasteiger partial charge in [0.25, 0.3) is 20.2 Å². The van der Waals surface area contributed by atoms with E-state index >= 15 is 0 Å². The highest BCUT2D eigenvalue weighted by atomic mass is 32.2. The molecule has 0 aromatic rings. The second kappa shape index (κ2) is 28.7. The number of esters is 2. The number of ether oxygens (including phenoxy) is 2. The Morgan fingerprint density at radius 2 is 0.847 bits per heavy atom. The molecule has 20 heteroatoms. The lowest BCUT2D eigenvalue weighted by Gasteiger charge is -2.36. The number of hydrogen-bond donors (Lipinski definition) is 6. The molecule has 0 aromatic carbocycles. The minimum Gasteiger partial charge on any atom is -0.454 e. The van der Waals surface area contributed by atoms with Gasteiger partial charge in [0.1, 0.15) is 0 Å². The molecule has 2 aliphatic carbocycles. The molecular weight excluding hydrogens is 969 g/mol. The van der Waals surface area contributed by atoms with Gasteiger partial charge in [0, 0.05) is 39.0 Å². The SMILES string of the molecule is CC(C=CC=C(C)C=CC1=C(C)C(=O)C(OC(=O)CCNC(=O)NCCS(=O)(=O)O)CC1(C)C)=CC=CC=C(C)C=CC=C(C)C=CC1=C(C)C(=O)C(OC(=O)CCNC(=O)NCCS(=O)(=O)O)CC1(C)C. The summed E-state index contributed by atoms with van der Waals surface area (Å²) in [5, 5.41) is 9.28. The van der Waals surface area contributed by atoms with E-state index in [1.54, 1.807) is 13.8 Å². The van der Waals surface area contributed by atoms with E-state index in [9.17, 15) is 45.6 Å². The first kappa shape index (κ1) is 61.9. The van der Waals surface area contributed by atoms with E-state index in [0.29, 0.717) is 11.1 Å². The third-order valence-corrected chi connectivity index (χ3v) is 12.8. The van der Waals surface area contributed by atoms with Crippen molar-refractivity contribution in [1.29, 1.82) is 0 Å². The monoisotopic (exact) mass is 1040 g/mol. The Balaban J connectivity index is 1.90. The van der Waals surface area contributed by atoms with Crippen LogP contribution in [0.25, 0.3) is 0 Å². The predicted molar refractivity (Wildman–Crippen MR) is 278 cm³/mol. The van der Waals surface area contributed by atoms with Crippen molar-refractivity contribution in [3.63, 3.8) is 0 Å². The number of Topliss-reactive ketones (excluding diaryl/α,β-unsaturated/α-hetero) is 2. The van der Waals surface area contributed by atoms with Gasteiger partial charge in [-0.15, -0.1) is 0 Å². The van der Waals surface area contributed by atoms with E-state index in [-0.39, 0.29) is 63.4 Å². The molecule has 72 heavy (non-hydrogen) atoms. The largest absolute Gasteiger partial charge is 0.454 e. The zero-order valence-electron chi connectivity index (χ0n) is 42.9. The first-order valence-corrected chi connectivity index (χ1v) is 26.5. The lowest BCUT2D eigenvalue weighted by atomic mass is 9.71. The van der Waals surface area contributed by atoms with Crippen LogP contribution in [0.4, 0.5) is 9.59 Å². The van der Waals surface area contributed by atoms with Crippen LogP contribution in [0, 0.1) is 10.8 Å². The topological polar surface area (TPSA) is 278 Å². The molecule has 0 aromatic heterocycles. The van der Waals surface area contributed by atoms with Gasteiger partial charge in [0.2, 0.25) is 0 Å². The second-order valence-corrected chi connectivity index (χ2v) is 21.9. The van der Waals surface area contributed by atoms with Crippen LogP contribution in [-0.2, 0) is 48.9 Å². The quantitative estimate of drug-likeness (QED) is 0.0318. The number of ketones is 2. The van der Waals surface area contributed by atoms with Crippen molar-refractivity contribution in [2.45, 2.75) is 107 Å². The molecule has 0 aliphatic heterocycles. The van der Waals surface area contributed by atoms with Gasteiger partial charge >= 0.3 is 24.0 Å². The zero-order valence-corrected chi connectivity index (χ0v) is 44.6. The first-order valence-electron chi connectivity index (χ1n) is 23.3. The van der Waals surface area contributed by atoms with Crippen LogP contribution in [0.5, 0.6) is 0 Å². The third kappa shape index (κ3) is 23.8. The summed E-state index contributed by atoms with van der Waals surface area (Å²) in [6, 6.07) is -1.43. The van der Waals surface area contributed by atoms with Gasteiger partial charge in [0.05, 0.1) is 24.3 Å². The summed E-state index contributed by atoms with van der Waals surface area (Å²) in [5.41, 5.74) is 5.66. The van der Waals surface area contributed by atoms with Crippen molar-refractivity contribution in [3.05, 3.63) is 130 Å². The van der Waals surface area contributed by atoms with Crippen molar-refractivity contribution < 1.29 is 64.2 Å². The van der Waals surface area contributed by atoms with E-state index in [0.717, 1.165) is 33.4 Å². The van der Waals surface area contributed by atoms with Gasteiger partial charge in [-0.25, -0.2) is 9.59 Å². The Labute approximate surface area is 424 Å². The standard InChI is InChI=1S/C52H72N4O14S2/c1-35(17-13-19-37(3)21-23-41-39(5)47(59)43(33-51(41,7)8)69-45(57)25-27-53-49(61)55-29-31-71(63,64)65)15-11-12-16-36(2)18-14-20-38(4)22-24-42-40(6)48(60)44(34-52(42,9)10)70-46(58)26-28-54-50(62)56-30-32-72(66,67)68/h11-24,43-44H,25-34H2,1-10H3,(H2,53,55,61)(H2,54,56,62)(H,63,64,65)(H,66,67,68). The summed E-state index contributed by atoms with van der Waals surface area (Å²) in [5.74, 6) is -3.21. The molecule has 2 aliphatic rings. The number of rotatable bonds is 24. The van der Waals surface area contributed by atoms with Gasteiger partial charge in [-0.3, -0.25) is 28.3 Å². The normalized spacial score (nSPS) is 19.6. The van der Waals surface area contributed by atoms with Crippen molar-refractivity contribution in [1.82, 2.24) is 21.3 Å². The molecule has 0 radical (unpaired) electrons. The molecular formula is C52H72N4O14S2. The van der Waals surface area contributed by atoms with E-state index in [4.69, 9.17) is 18.6 Å². The van der Waals surface area contributed by atoms with Crippen LogP contribution in [0.2, 0.25) is 0 Å². The fourth-order valence-corrected chi connectivity index (χ4v) is 8.18. The molecule has 396 valence electrons. The number of carbonyl (C=O) groups is 6. The molecule has 2 atom stereocenters. The first-order chi connectivity index (χ1) is 33.4. The number of urea groups is 2. The summed E-state index contributed by atoms with van der Waals surface area (Å²) in [6.07, 6.45) is 25.5. The van der Waals surface area contributed by atoms with Gasteiger partial charge in [-0.1, -0.05) is 135 Å². The van der Waals surface area contributed by atoms with E-state index < -0.39 is 78.8 Å². The Morgan fingerprint density at radius 3 is 1.18 bits per heavy atom.